The molecule has 1 aromatic heterocycles. The maximum Gasteiger partial charge on any atom is 0.129 e. The fraction of sp³-hybridized carbons (Fsp3) is 0.250. The van der Waals surface area contributed by atoms with Crippen molar-refractivity contribution in [3.8, 4) is 0 Å². The summed E-state index contributed by atoms with van der Waals surface area (Å²) in [5.74, 6) is 0. The number of imidazole rings is 1. The Hall–Kier alpha value is -1.77. The molecular weight excluding hydrogens is 339 g/mol. The lowest BCUT2D eigenvalue weighted by molar-refractivity contribution is 0.636. The van der Waals surface area contributed by atoms with Gasteiger partial charge in [0, 0.05) is 5.02 Å². The Morgan fingerprint density at radius 3 is 2.50 bits per heavy atom. The van der Waals surface area contributed by atoms with E-state index in [1.807, 2.05) is 22.8 Å². The van der Waals surface area contributed by atoms with E-state index in [1.54, 1.807) is 12.5 Å². The third-order valence-electron chi connectivity index (χ3n) is 4.82. The summed E-state index contributed by atoms with van der Waals surface area (Å²) in [6, 6.07) is 14.5. The van der Waals surface area contributed by atoms with Crippen molar-refractivity contribution >= 4 is 23.2 Å². The molecule has 2 nitrogen and oxygen atoms in total. The van der Waals surface area contributed by atoms with Gasteiger partial charge >= 0.3 is 0 Å². The number of hydrogen-bond acceptors (Lipinski definition) is 1. The van der Waals surface area contributed by atoms with Crippen LogP contribution in [0.2, 0.25) is 10.2 Å². The van der Waals surface area contributed by atoms with Crippen molar-refractivity contribution in [1.82, 2.24) is 9.55 Å². The molecule has 1 aliphatic rings. The van der Waals surface area contributed by atoms with Crippen LogP contribution in [0.1, 0.15) is 41.1 Å². The van der Waals surface area contributed by atoms with Crippen LogP contribution in [0.4, 0.5) is 0 Å². The first-order valence-corrected chi connectivity index (χ1v) is 9.03. The number of nitrogens with zero attached hydrogens (tertiary/aromatic N) is 2. The van der Waals surface area contributed by atoms with Crippen molar-refractivity contribution in [3.63, 3.8) is 0 Å². The highest BCUT2D eigenvalue weighted by Gasteiger charge is 2.25. The number of aryl methyl sites for hydroxylation is 1. The molecule has 0 bridgehead atoms. The van der Waals surface area contributed by atoms with E-state index in [0.717, 1.165) is 23.4 Å². The number of aromatic nitrogens is 2. The monoisotopic (exact) mass is 356 g/mol. The molecule has 0 fully saturated rings. The van der Waals surface area contributed by atoms with Gasteiger partial charge in [-0.25, -0.2) is 4.98 Å². The predicted octanol–water partition coefficient (Wildman–Crippen LogP) is 5.71. The fourth-order valence-corrected chi connectivity index (χ4v) is 4.15. The Morgan fingerprint density at radius 1 is 0.917 bits per heavy atom. The predicted molar refractivity (Wildman–Crippen MR) is 99.0 cm³/mol. The molecule has 1 atom stereocenters. The number of rotatable bonds is 3. The molecular formula is C20H18Cl2N2. The smallest absolute Gasteiger partial charge is 0.129 e. The SMILES string of the molecule is Clc1ccccc1C(c1cccc2c1CCCC2)n1cncc1Cl. The number of halogens is 2. The molecule has 1 unspecified atom stereocenters. The minimum Gasteiger partial charge on any atom is -0.310 e. The standard InChI is InChI=1S/C20H18Cl2N2/c21-18-11-4-3-9-17(18)20(24-13-23-12-19(24)22)16-10-5-7-14-6-1-2-8-15(14)16/h3-5,7,9-13,20H,1-2,6,8H2. The molecule has 0 amide bonds. The average Bonchev–Trinajstić information content (AvgIpc) is 3.03. The van der Waals surface area contributed by atoms with Gasteiger partial charge in [0.25, 0.3) is 0 Å². The lowest BCUT2D eigenvalue weighted by atomic mass is 9.84. The van der Waals surface area contributed by atoms with Gasteiger partial charge in [-0.3, -0.25) is 0 Å². The van der Waals surface area contributed by atoms with Gasteiger partial charge in [-0.05, 0) is 54.0 Å². The average molecular weight is 357 g/mol. The quantitative estimate of drug-likeness (QED) is 0.587. The van der Waals surface area contributed by atoms with Crippen molar-refractivity contribution in [2.45, 2.75) is 31.7 Å². The Balaban J connectivity index is 1.95. The zero-order chi connectivity index (χ0) is 16.5. The van der Waals surface area contributed by atoms with E-state index in [0.29, 0.717) is 5.15 Å². The van der Waals surface area contributed by atoms with Crippen LogP contribution in [-0.4, -0.2) is 9.55 Å². The van der Waals surface area contributed by atoms with Crippen molar-refractivity contribution in [2.75, 3.05) is 0 Å². The Labute approximate surface area is 152 Å². The zero-order valence-electron chi connectivity index (χ0n) is 13.3. The molecule has 4 rings (SSSR count). The van der Waals surface area contributed by atoms with E-state index in [1.165, 1.54) is 29.5 Å². The Kier molecular flexibility index (Phi) is 4.34. The van der Waals surface area contributed by atoms with Crippen LogP contribution < -0.4 is 0 Å². The van der Waals surface area contributed by atoms with E-state index in [4.69, 9.17) is 23.2 Å². The lowest BCUT2D eigenvalue weighted by Crippen LogP contribution is -2.17. The van der Waals surface area contributed by atoms with Crippen molar-refractivity contribution in [2.24, 2.45) is 0 Å². The van der Waals surface area contributed by atoms with Gasteiger partial charge in [-0.15, -0.1) is 0 Å². The summed E-state index contributed by atoms with van der Waals surface area (Å²) in [5.41, 5.74) is 5.23. The second kappa shape index (κ2) is 6.62. The summed E-state index contributed by atoms with van der Waals surface area (Å²) in [7, 11) is 0. The van der Waals surface area contributed by atoms with Gasteiger partial charge in [0.15, 0.2) is 0 Å². The van der Waals surface area contributed by atoms with E-state index in [2.05, 4.69) is 29.2 Å². The van der Waals surface area contributed by atoms with Crippen LogP contribution in [0.25, 0.3) is 0 Å². The van der Waals surface area contributed by atoms with Crippen molar-refractivity contribution < 1.29 is 0 Å². The molecule has 0 radical (unpaired) electrons. The first-order valence-electron chi connectivity index (χ1n) is 8.28. The second-order valence-corrected chi connectivity index (χ2v) is 7.03. The van der Waals surface area contributed by atoms with Gasteiger partial charge in [0.05, 0.1) is 18.6 Å². The van der Waals surface area contributed by atoms with Crippen LogP contribution in [0.5, 0.6) is 0 Å². The molecule has 0 spiro atoms. The Morgan fingerprint density at radius 2 is 1.71 bits per heavy atom. The summed E-state index contributed by atoms with van der Waals surface area (Å²) in [6.45, 7) is 0. The lowest BCUT2D eigenvalue weighted by Gasteiger charge is -2.27. The highest BCUT2D eigenvalue weighted by Crippen LogP contribution is 2.38. The number of fused-ring (bicyclic) bond motifs is 1. The first-order chi connectivity index (χ1) is 11.8. The summed E-state index contributed by atoms with van der Waals surface area (Å²) >= 11 is 13.0. The van der Waals surface area contributed by atoms with Crippen molar-refractivity contribution in [1.29, 1.82) is 0 Å². The van der Waals surface area contributed by atoms with E-state index < -0.39 is 0 Å². The molecule has 0 N–H and O–H groups in total. The molecule has 3 aromatic rings. The van der Waals surface area contributed by atoms with Crippen LogP contribution in [0.15, 0.2) is 55.0 Å². The minimum absolute atomic E-state index is 0.0539. The molecule has 2 aromatic carbocycles. The fourth-order valence-electron chi connectivity index (χ4n) is 3.71. The molecule has 0 aliphatic heterocycles. The maximum atomic E-state index is 6.54. The summed E-state index contributed by atoms with van der Waals surface area (Å²) in [5, 5.41) is 1.37. The molecule has 1 heterocycles. The molecule has 0 saturated carbocycles. The van der Waals surface area contributed by atoms with Crippen LogP contribution >= 0.6 is 23.2 Å². The van der Waals surface area contributed by atoms with E-state index in [9.17, 15) is 0 Å². The third-order valence-corrected chi connectivity index (χ3v) is 5.46. The van der Waals surface area contributed by atoms with Gasteiger partial charge in [-0.1, -0.05) is 59.6 Å². The van der Waals surface area contributed by atoms with Gasteiger partial charge in [0.2, 0.25) is 0 Å². The van der Waals surface area contributed by atoms with Crippen LogP contribution in [-0.2, 0) is 12.8 Å². The van der Waals surface area contributed by atoms with E-state index >= 15 is 0 Å². The minimum atomic E-state index is -0.0539. The molecule has 122 valence electrons. The first kappa shape index (κ1) is 15.7. The Bertz CT molecular complexity index is 870. The summed E-state index contributed by atoms with van der Waals surface area (Å²) < 4.78 is 2.01. The summed E-state index contributed by atoms with van der Waals surface area (Å²) in [6.07, 6.45) is 8.23. The van der Waals surface area contributed by atoms with Crippen LogP contribution in [0, 0.1) is 0 Å². The molecule has 24 heavy (non-hydrogen) atoms. The largest absolute Gasteiger partial charge is 0.310 e. The van der Waals surface area contributed by atoms with Crippen molar-refractivity contribution in [3.05, 3.63) is 87.4 Å². The van der Waals surface area contributed by atoms with Gasteiger partial charge in [-0.2, -0.15) is 0 Å². The molecule has 0 saturated heterocycles. The topological polar surface area (TPSA) is 17.8 Å². The summed E-state index contributed by atoms with van der Waals surface area (Å²) in [4.78, 5) is 4.22. The molecule has 1 aliphatic carbocycles. The zero-order valence-corrected chi connectivity index (χ0v) is 14.8. The van der Waals surface area contributed by atoms with Gasteiger partial charge in [0.1, 0.15) is 5.15 Å². The van der Waals surface area contributed by atoms with Crippen LogP contribution in [0.3, 0.4) is 0 Å². The van der Waals surface area contributed by atoms with E-state index in [-0.39, 0.29) is 6.04 Å². The maximum absolute atomic E-state index is 6.54. The normalized spacial score (nSPS) is 15.1. The number of benzene rings is 2. The number of hydrogen-bond donors (Lipinski definition) is 0. The second-order valence-electron chi connectivity index (χ2n) is 6.24. The third kappa shape index (κ3) is 2.74. The van der Waals surface area contributed by atoms with Gasteiger partial charge < -0.3 is 4.57 Å². The highest BCUT2D eigenvalue weighted by molar-refractivity contribution is 6.31. The molecule has 4 heteroatoms. The highest BCUT2D eigenvalue weighted by atomic mass is 35.5.